The molecule has 0 aliphatic carbocycles. The minimum absolute atomic E-state index is 0.00612. The highest BCUT2D eigenvalue weighted by atomic mass is 32.2. The topological polar surface area (TPSA) is 55.4 Å². The van der Waals surface area contributed by atoms with Crippen LogP contribution in [0.15, 0.2) is 0 Å². The molecule has 0 spiro atoms. The van der Waals surface area contributed by atoms with Gasteiger partial charge < -0.3 is 10.1 Å². The minimum Gasteiger partial charge on any atom is -0.468 e. The summed E-state index contributed by atoms with van der Waals surface area (Å²) in [5.74, 6) is 0.350. The molecule has 1 rings (SSSR count). The third-order valence-corrected chi connectivity index (χ3v) is 4.35. The predicted octanol–water partition coefficient (Wildman–Crippen LogP) is 0.863. The first kappa shape index (κ1) is 12.7. The molecule has 1 heterocycles. The summed E-state index contributed by atoms with van der Waals surface area (Å²) in [6.07, 6.45) is 0.586. The summed E-state index contributed by atoms with van der Waals surface area (Å²) in [6, 6.07) is 0. The van der Waals surface area contributed by atoms with Gasteiger partial charge >= 0.3 is 0 Å². The van der Waals surface area contributed by atoms with Crippen LogP contribution in [0, 0.1) is 0 Å². The van der Waals surface area contributed by atoms with Gasteiger partial charge in [0.25, 0.3) is 5.17 Å². The molecule has 0 saturated carbocycles. The molecule has 4 nitrogen and oxygen atoms in total. The van der Waals surface area contributed by atoms with Crippen LogP contribution in [-0.2, 0) is 14.6 Å². The summed E-state index contributed by atoms with van der Waals surface area (Å²) in [6.45, 7) is 5.61. The molecule has 0 aromatic carbocycles. The molecule has 1 atom stereocenters. The lowest BCUT2D eigenvalue weighted by molar-refractivity contribution is 0.215. The molecule has 1 saturated heterocycles. The maximum atomic E-state index is 11.3. The van der Waals surface area contributed by atoms with Gasteiger partial charge in [-0.05, 0) is 39.4 Å². The number of hydrogen-bond donors (Lipinski definition) is 1. The van der Waals surface area contributed by atoms with Crippen molar-refractivity contribution in [3.05, 3.63) is 0 Å². The fraction of sp³-hybridized carbons (Fsp3) is 0.889. The normalized spacial score (nSPS) is 29.1. The van der Waals surface area contributed by atoms with Gasteiger partial charge in [-0.25, -0.2) is 8.42 Å². The summed E-state index contributed by atoms with van der Waals surface area (Å²) in [5, 5.41) is 3.25. The van der Waals surface area contributed by atoms with Crippen molar-refractivity contribution in [2.75, 3.05) is 11.5 Å². The van der Waals surface area contributed by atoms with Crippen LogP contribution in [0.25, 0.3) is 0 Å². The lowest BCUT2D eigenvalue weighted by atomic mass is 10.0. The SMILES string of the molecule is CC(C)OC(=S)NC1(C)CCS(=O)(=O)C1. The standard InChI is InChI=1S/C9H17NO3S2/c1-7(2)13-8(14)10-9(3)4-5-15(11,12)6-9/h7H,4-6H2,1-3H3,(H,10,14). The Balaban J connectivity index is 2.55. The first-order chi connectivity index (χ1) is 6.72. The highest BCUT2D eigenvalue weighted by Gasteiger charge is 2.39. The van der Waals surface area contributed by atoms with E-state index in [4.69, 9.17) is 17.0 Å². The Morgan fingerprint density at radius 1 is 1.53 bits per heavy atom. The summed E-state index contributed by atoms with van der Waals surface area (Å²) in [7, 11) is -2.91. The van der Waals surface area contributed by atoms with Gasteiger partial charge in [0.2, 0.25) is 0 Å². The van der Waals surface area contributed by atoms with Crippen LogP contribution in [0.5, 0.6) is 0 Å². The lowest BCUT2D eigenvalue weighted by Gasteiger charge is -2.26. The zero-order valence-electron chi connectivity index (χ0n) is 9.24. The molecular weight excluding hydrogens is 234 g/mol. The molecule has 0 bridgehead atoms. The van der Waals surface area contributed by atoms with Crippen molar-refractivity contribution in [3.63, 3.8) is 0 Å². The van der Waals surface area contributed by atoms with Gasteiger partial charge in [0, 0.05) is 0 Å². The highest BCUT2D eigenvalue weighted by Crippen LogP contribution is 2.22. The van der Waals surface area contributed by atoms with Crippen molar-refractivity contribution in [1.29, 1.82) is 0 Å². The van der Waals surface area contributed by atoms with Gasteiger partial charge in [0.05, 0.1) is 23.1 Å². The van der Waals surface area contributed by atoms with E-state index in [1.54, 1.807) is 0 Å². The second-order valence-electron chi connectivity index (χ2n) is 4.48. The van der Waals surface area contributed by atoms with E-state index in [0.29, 0.717) is 6.42 Å². The third kappa shape index (κ3) is 3.95. The Bertz CT molecular complexity index is 350. The van der Waals surface area contributed by atoms with Crippen LogP contribution >= 0.6 is 12.2 Å². The molecule has 1 fully saturated rings. The van der Waals surface area contributed by atoms with Crippen molar-refractivity contribution in [1.82, 2.24) is 5.32 Å². The number of sulfone groups is 1. The Hall–Kier alpha value is -0.360. The molecule has 88 valence electrons. The summed E-state index contributed by atoms with van der Waals surface area (Å²) < 4.78 is 27.9. The van der Waals surface area contributed by atoms with E-state index >= 15 is 0 Å². The Morgan fingerprint density at radius 3 is 2.53 bits per heavy atom. The Labute approximate surface area is 96.3 Å². The second kappa shape index (κ2) is 4.25. The molecule has 0 aromatic heterocycles. The summed E-state index contributed by atoms with van der Waals surface area (Å²) in [4.78, 5) is 0. The summed E-state index contributed by atoms with van der Waals surface area (Å²) in [5.41, 5.74) is -0.467. The Kier molecular flexibility index (Phi) is 3.60. The van der Waals surface area contributed by atoms with Crippen molar-refractivity contribution < 1.29 is 13.2 Å². The van der Waals surface area contributed by atoms with Crippen LogP contribution < -0.4 is 5.32 Å². The fourth-order valence-corrected chi connectivity index (χ4v) is 4.13. The fourth-order valence-electron chi connectivity index (χ4n) is 1.60. The third-order valence-electron chi connectivity index (χ3n) is 2.25. The van der Waals surface area contributed by atoms with E-state index in [1.807, 2.05) is 20.8 Å². The molecule has 6 heteroatoms. The van der Waals surface area contributed by atoms with Gasteiger partial charge in [-0.15, -0.1) is 0 Å². The molecule has 0 radical (unpaired) electrons. The van der Waals surface area contributed by atoms with Crippen LogP contribution in [0.2, 0.25) is 0 Å². The minimum atomic E-state index is -2.91. The molecule has 1 unspecified atom stereocenters. The van der Waals surface area contributed by atoms with Crippen molar-refractivity contribution in [2.45, 2.75) is 38.8 Å². The van der Waals surface area contributed by atoms with Gasteiger partial charge in [-0.1, -0.05) is 0 Å². The number of nitrogens with one attached hydrogen (secondary N) is 1. The number of ether oxygens (including phenoxy) is 1. The van der Waals surface area contributed by atoms with Gasteiger partial charge in [-0.2, -0.15) is 0 Å². The van der Waals surface area contributed by atoms with E-state index in [9.17, 15) is 8.42 Å². The molecule has 1 N–H and O–H groups in total. The maximum absolute atomic E-state index is 11.3. The van der Waals surface area contributed by atoms with E-state index in [2.05, 4.69) is 5.32 Å². The largest absolute Gasteiger partial charge is 0.468 e. The first-order valence-corrected chi connectivity index (χ1v) is 7.15. The zero-order valence-corrected chi connectivity index (χ0v) is 10.9. The Morgan fingerprint density at radius 2 is 2.13 bits per heavy atom. The zero-order chi connectivity index (χ0) is 11.7. The quantitative estimate of drug-likeness (QED) is 0.738. The number of thiocarbonyl (C=S) groups is 1. The summed E-state index contributed by atoms with van der Waals surface area (Å²) >= 11 is 4.99. The van der Waals surface area contributed by atoms with Gasteiger partial charge in [-0.3, -0.25) is 0 Å². The van der Waals surface area contributed by atoms with Crippen molar-refractivity contribution >= 4 is 27.2 Å². The molecule has 0 aromatic rings. The van der Waals surface area contributed by atoms with Gasteiger partial charge in [0.15, 0.2) is 9.84 Å². The average Bonchev–Trinajstić information content (AvgIpc) is 2.22. The number of hydrogen-bond acceptors (Lipinski definition) is 4. The van der Waals surface area contributed by atoms with E-state index in [1.165, 1.54) is 0 Å². The van der Waals surface area contributed by atoms with Crippen LogP contribution in [0.3, 0.4) is 0 Å². The van der Waals surface area contributed by atoms with Gasteiger partial charge in [0.1, 0.15) is 0 Å². The lowest BCUT2D eigenvalue weighted by Crippen LogP contribution is -2.47. The smallest absolute Gasteiger partial charge is 0.257 e. The molecular formula is C9H17NO3S2. The number of rotatable bonds is 2. The first-order valence-electron chi connectivity index (χ1n) is 4.92. The van der Waals surface area contributed by atoms with Crippen LogP contribution in [0.1, 0.15) is 27.2 Å². The predicted molar refractivity (Wildman–Crippen MR) is 63.6 cm³/mol. The van der Waals surface area contributed by atoms with Crippen LogP contribution in [0.4, 0.5) is 0 Å². The van der Waals surface area contributed by atoms with Crippen molar-refractivity contribution in [3.8, 4) is 0 Å². The monoisotopic (exact) mass is 251 g/mol. The van der Waals surface area contributed by atoms with E-state index < -0.39 is 15.4 Å². The van der Waals surface area contributed by atoms with Crippen molar-refractivity contribution in [2.24, 2.45) is 0 Å². The van der Waals surface area contributed by atoms with E-state index in [-0.39, 0.29) is 22.8 Å². The highest BCUT2D eigenvalue weighted by molar-refractivity contribution is 7.91. The van der Waals surface area contributed by atoms with Crippen LogP contribution in [-0.4, -0.2) is 36.7 Å². The second-order valence-corrected chi connectivity index (χ2v) is 7.04. The molecule has 15 heavy (non-hydrogen) atoms. The average molecular weight is 251 g/mol. The molecule has 1 aliphatic heterocycles. The van der Waals surface area contributed by atoms with E-state index in [0.717, 1.165) is 0 Å². The molecule has 0 amide bonds. The maximum Gasteiger partial charge on any atom is 0.257 e. The molecule has 1 aliphatic rings.